The minimum absolute atomic E-state index is 0.356. The molecule has 1 aromatic rings. The number of nitrogens with two attached hydrogens (primary N) is 1. The number of carbonyl (C=O) groups is 2. The van der Waals surface area contributed by atoms with Crippen LogP contribution in [0.2, 0.25) is 0 Å². The first-order valence-electron chi connectivity index (χ1n) is 5.41. The van der Waals surface area contributed by atoms with Crippen LogP contribution in [0.25, 0.3) is 0 Å². The molecule has 0 saturated heterocycles. The topological polar surface area (TPSA) is 81.4 Å². The lowest BCUT2D eigenvalue weighted by Gasteiger charge is -2.13. The van der Waals surface area contributed by atoms with E-state index in [2.05, 4.69) is 5.32 Å². The quantitative estimate of drug-likeness (QED) is 0.805. The summed E-state index contributed by atoms with van der Waals surface area (Å²) in [4.78, 5) is 22.2. The van der Waals surface area contributed by atoms with Crippen LogP contribution in [0.15, 0.2) is 30.3 Å². The minimum atomic E-state index is -0.870. The summed E-state index contributed by atoms with van der Waals surface area (Å²) in [5.41, 5.74) is 6.01. The predicted octanol–water partition coefficient (Wildman–Crippen LogP) is 1.18. The number of ether oxygens (including phenoxy) is 1. The van der Waals surface area contributed by atoms with Crippen LogP contribution < -0.4 is 11.1 Å². The van der Waals surface area contributed by atoms with E-state index < -0.39 is 18.1 Å². The largest absolute Gasteiger partial charge is 0.436 e. The third-order valence-corrected chi connectivity index (χ3v) is 2.22. The molecule has 0 radical (unpaired) electrons. The summed E-state index contributed by atoms with van der Waals surface area (Å²) >= 11 is 0. The highest BCUT2D eigenvalue weighted by Crippen LogP contribution is 2.00. The molecule has 0 fully saturated rings. The normalized spacial score (nSPS) is 11.6. The van der Waals surface area contributed by atoms with Gasteiger partial charge in [-0.25, -0.2) is 4.79 Å². The maximum absolute atomic E-state index is 11.3. The van der Waals surface area contributed by atoms with Crippen LogP contribution in [0.4, 0.5) is 4.79 Å². The Morgan fingerprint density at radius 3 is 2.53 bits per heavy atom. The molecule has 3 N–H and O–H groups in total. The Labute approximate surface area is 99.9 Å². The zero-order valence-corrected chi connectivity index (χ0v) is 9.68. The Kier molecular flexibility index (Phi) is 5.00. The van der Waals surface area contributed by atoms with Crippen LogP contribution in [-0.2, 0) is 16.1 Å². The molecule has 0 spiro atoms. The molecule has 92 valence electrons. The van der Waals surface area contributed by atoms with Crippen LogP contribution in [0.3, 0.4) is 0 Å². The fourth-order valence-electron chi connectivity index (χ4n) is 1.28. The number of primary amides is 1. The number of hydrogen-bond donors (Lipinski definition) is 2. The summed E-state index contributed by atoms with van der Waals surface area (Å²) in [5.74, 6) is -0.637. The second-order valence-corrected chi connectivity index (χ2v) is 3.54. The van der Waals surface area contributed by atoms with Crippen molar-refractivity contribution >= 4 is 12.0 Å². The minimum Gasteiger partial charge on any atom is -0.436 e. The second-order valence-electron chi connectivity index (χ2n) is 3.54. The summed E-state index contributed by atoms with van der Waals surface area (Å²) in [6, 6.07) is 9.40. The monoisotopic (exact) mass is 236 g/mol. The molecule has 1 aromatic carbocycles. The van der Waals surface area contributed by atoms with E-state index in [-0.39, 0.29) is 0 Å². The molecule has 17 heavy (non-hydrogen) atoms. The van der Waals surface area contributed by atoms with Gasteiger partial charge in [0.25, 0.3) is 5.91 Å². The standard InChI is InChI=1S/C12H16N2O3/c1-2-10(11(13)15)17-12(16)14-8-9-6-4-3-5-7-9/h3-7,10H,2,8H2,1H3,(H2,13,15)(H,14,16). The Morgan fingerprint density at radius 1 is 1.35 bits per heavy atom. The molecule has 0 bridgehead atoms. The van der Waals surface area contributed by atoms with Crippen LogP contribution >= 0.6 is 0 Å². The number of benzene rings is 1. The van der Waals surface area contributed by atoms with E-state index >= 15 is 0 Å². The van der Waals surface area contributed by atoms with Gasteiger partial charge in [-0.3, -0.25) is 4.79 Å². The Morgan fingerprint density at radius 2 is 2.00 bits per heavy atom. The summed E-state index contributed by atoms with van der Waals surface area (Å²) in [6.07, 6.45) is -1.14. The van der Waals surface area contributed by atoms with Gasteiger partial charge in [-0.1, -0.05) is 37.3 Å². The molecule has 1 unspecified atom stereocenters. The van der Waals surface area contributed by atoms with Crippen molar-refractivity contribution in [1.29, 1.82) is 0 Å². The van der Waals surface area contributed by atoms with E-state index in [1.54, 1.807) is 6.92 Å². The van der Waals surface area contributed by atoms with Gasteiger partial charge in [0, 0.05) is 6.54 Å². The molecule has 1 rings (SSSR count). The summed E-state index contributed by atoms with van der Waals surface area (Å²) in [6.45, 7) is 2.08. The van der Waals surface area contributed by atoms with E-state index in [0.29, 0.717) is 13.0 Å². The highest BCUT2D eigenvalue weighted by atomic mass is 16.6. The van der Waals surface area contributed by atoms with Crippen LogP contribution in [-0.4, -0.2) is 18.1 Å². The first-order valence-corrected chi connectivity index (χ1v) is 5.41. The third-order valence-electron chi connectivity index (χ3n) is 2.22. The summed E-state index contributed by atoms with van der Waals surface area (Å²) in [7, 11) is 0. The van der Waals surface area contributed by atoms with Gasteiger partial charge >= 0.3 is 6.09 Å². The summed E-state index contributed by atoms with van der Waals surface area (Å²) in [5, 5.41) is 2.55. The molecule has 2 amide bonds. The van der Waals surface area contributed by atoms with Crippen molar-refractivity contribution in [1.82, 2.24) is 5.32 Å². The van der Waals surface area contributed by atoms with Gasteiger partial charge < -0.3 is 15.8 Å². The van der Waals surface area contributed by atoms with Crippen molar-refractivity contribution < 1.29 is 14.3 Å². The number of hydrogen-bond acceptors (Lipinski definition) is 3. The number of alkyl carbamates (subject to hydrolysis) is 1. The van der Waals surface area contributed by atoms with Gasteiger partial charge in [-0.2, -0.15) is 0 Å². The Hall–Kier alpha value is -2.04. The molecular formula is C12H16N2O3. The van der Waals surface area contributed by atoms with Crippen molar-refractivity contribution in [3.05, 3.63) is 35.9 Å². The molecule has 0 heterocycles. The van der Waals surface area contributed by atoms with E-state index in [0.717, 1.165) is 5.56 Å². The number of amides is 2. The van der Waals surface area contributed by atoms with Gasteiger partial charge in [0.2, 0.25) is 0 Å². The molecular weight excluding hydrogens is 220 g/mol. The molecule has 5 nitrogen and oxygen atoms in total. The number of nitrogens with one attached hydrogen (secondary N) is 1. The highest BCUT2D eigenvalue weighted by Gasteiger charge is 2.17. The van der Waals surface area contributed by atoms with E-state index in [1.807, 2.05) is 30.3 Å². The lowest BCUT2D eigenvalue weighted by atomic mass is 10.2. The molecule has 5 heteroatoms. The zero-order chi connectivity index (χ0) is 12.7. The predicted molar refractivity (Wildman–Crippen MR) is 63.0 cm³/mol. The molecule has 0 aliphatic carbocycles. The van der Waals surface area contributed by atoms with Gasteiger partial charge in [-0.05, 0) is 12.0 Å². The first kappa shape index (κ1) is 13.0. The van der Waals surface area contributed by atoms with E-state index in [9.17, 15) is 9.59 Å². The lowest BCUT2D eigenvalue weighted by Crippen LogP contribution is -2.36. The van der Waals surface area contributed by atoms with Gasteiger partial charge in [0.05, 0.1) is 0 Å². The maximum Gasteiger partial charge on any atom is 0.408 e. The van der Waals surface area contributed by atoms with Gasteiger partial charge in [0.1, 0.15) is 0 Å². The molecule has 0 aliphatic heterocycles. The number of rotatable bonds is 5. The van der Waals surface area contributed by atoms with Crippen molar-refractivity contribution in [2.75, 3.05) is 0 Å². The van der Waals surface area contributed by atoms with Crippen LogP contribution in [0, 0.1) is 0 Å². The van der Waals surface area contributed by atoms with Crippen molar-refractivity contribution in [3.63, 3.8) is 0 Å². The highest BCUT2D eigenvalue weighted by molar-refractivity contribution is 5.81. The van der Waals surface area contributed by atoms with Crippen molar-refractivity contribution in [3.8, 4) is 0 Å². The van der Waals surface area contributed by atoms with Crippen molar-refractivity contribution in [2.24, 2.45) is 5.73 Å². The van der Waals surface area contributed by atoms with Crippen molar-refractivity contribution in [2.45, 2.75) is 26.0 Å². The SMILES string of the molecule is CCC(OC(=O)NCc1ccccc1)C(N)=O. The van der Waals surface area contributed by atoms with Crippen LogP contribution in [0.5, 0.6) is 0 Å². The molecule has 0 saturated carbocycles. The average molecular weight is 236 g/mol. The number of carbonyl (C=O) groups excluding carboxylic acids is 2. The fourth-order valence-corrected chi connectivity index (χ4v) is 1.28. The second kappa shape index (κ2) is 6.52. The Bertz CT molecular complexity index is 379. The maximum atomic E-state index is 11.3. The lowest BCUT2D eigenvalue weighted by molar-refractivity contribution is -0.126. The fraction of sp³-hybridized carbons (Fsp3) is 0.333. The van der Waals surface area contributed by atoms with E-state index in [4.69, 9.17) is 10.5 Å². The average Bonchev–Trinajstić information content (AvgIpc) is 2.34. The molecule has 0 aliphatic rings. The van der Waals surface area contributed by atoms with Gasteiger partial charge in [0.15, 0.2) is 6.10 Å². The van der Waals surface area contributed by atoms with Gasteiger partial charge in [-0.15, -0.1) is 0 Å². The smallest absolute Gasteiger partial charge is 0.408 e. The molecule has 1 atom stereocenters. The zero-order valence-electron chi connectivity index (χ0n) is 9.68. The Balaban J connectivity index is 2.37. The summed E-state index contributed by atoms with van der Waals surface area (Å²) < 4.78 is 4.86. The van der Waals surface area contributed by atoms with E-state index in [1.165, 1.54) is 0 Å². The van der Waals surface area contributed by atoms with Crippen LogP contribution in [0.1, 0.15) is 18.9 Å². The first-order chi connectivity index (χ1) is 8.13. The molecule has 0 aromatic heterocycles. The third kappa shape index (κ3) is 4.55.